The molecule has 2 aliphatic heterocycles. The van der Waals surface area contributed by atoms with Crippen LogP contribution in [0.5, 0.6) is 0 Å². The number of carbonyl (C=O) groups is 1. The second-order valence-electron chi connectivity index (χ2n) is 8.81. The number of rotatable bonds is 5. The Morgan fingerprint density at radius 3 is 2.12 bits per heavy atom. The van der Waals surface area contributed by atoms with Crippen LogP contribution in [0, 0.1) is 0 Å². The van der Waals surface area contributed by atoms with Crippen molar-refractivity contribution in [3.05, 3.63) is 23.8 Å². The summed E-state index contributed by atoms with van der Waals surface area (Å²) in [6.45, 7) is 3.99. The van der Waals surface area contributed by atoms with Crippen molar-refractivity contribution in [1.82, 2.24) is 9.62 Å². The van der Waals surface area contributed by atoms with E-state index in [1.54, 1.807) is 18.2 Å². The summed E-state index contributed by atoms with van der Waals surface area (Å²) in [5, 5.41) is 3.22. The molecule has 4 rings (SSSR count). The molecule has 0 unspecified atom stereocenters. The zero-order valence-electron chi connectivity index (χ0n) is 18.8. The van der Waals surface area contributed by atoms with Crippen LogP contribution in [-0.4, -0.2) is 77.3 Å². The highest BCUT2D eigenvalue weighted by molar-refractivity contribution is 7.89. The molecule has 0 atom stereocenters. The lowest BCUT2D eigenvalue weighted by atomic mass is 9.96. The van der Waals surface area contributed by atoms with Crippen LogP contribution in [0.3, 0.4) is 0 Å². The Morgan fingerprint density at radius 2 is 1.47 bits per heavy atom. The SMILES string of the molecule is O=C(NC1CCCCCCC1)c1cc(S(=O)(=O)N2CCOCC2)ccc1N1CCOCC1. The summed E-state index contributed by atoms with van der Waals surface area (Å²) in [6.07, 6.45) is 7.87. The molecule has 9 heteroatoms. The molecule has 2 saturated heterocycles. The van der Waals surface area contributed by atoms with Gasteiger partial charge in [0, 0.05) is 37.9 Å². The third-order valence-electron chi connectivity index (χ3n) is 6.61. The van der Waals surface area contributed by atoms with Crippen LogP contribution in [0.25, 0.3) is 0 Å². The van der Waals surface area contributed by atoms with Crippen LogP contribution in [0.2, 0.25) is 0 Å². The van der Waals surface area contributed by atoms with Gasteiger partial charge < -0.3 is 19.7 Å². The van der Waals surface area contributed by atoms with Gasteiger partial charge in [0.1, 0.15) is 0 Å². The number of sulfonamides is 1. The van der Waals surface area contributed by atoms with Gasteiger partial charge in [0.15, 0.2) is 0 Å². The lowest BCUT2D eigenvalue weighted by Crippen LogP contribution is -2.41. The van der Waals surface area contributed by atoms with Crippen LogP contribution in [0.15, 0.2) is 23.1 Å². The number of amides is 1. The van der Waals surface area contributed by atoms with Crippen molar-refractivity contribution in [3.63, 3.8) is 0 Å². The summed E-state index contributed by atoms with van der Waals surface area (Å²) in [5.74, 6) is -0.184. The van der Waals surface area contributed by atoms with Gasteiger partial charge in [0.25, 0.3) is 5.91 Å². The molecule has 2 heterocycles. The lowest BCUT2D eigenvalue weighted by Gasteiger charge is -2.31. The van der Waals surface area contributed by atoms with Gasteiger partial charge in [-0.15, -0.1) is 0 Å². The normalized spacial score (nSPS) is 22.2. The van der Waals surface area contributed by atoms with E-state index in [0.29, 0.717) is 58.2 Å². The molecule has 1 aromatic carbocycles. The quantitative estimate of drug-likeness (QED) is 0.718. The molecule has 1 N–H and O–H groups in total. The number of nitrogens with one attached hydrogen (secondary N) is 1. The molecular weight excluding hydrogens is 430 g/mol. The second-order valence-corrected chi connectivity index (χ2v) is 10.7. The molecule has 3 aliphatic rings. The van der Waals surface area contributed by atoms with Crippen molar-refractivity contribution in [2.75, 3.05) is 57.5 Å². The van der Waals surface area contributed by atoms with Crippen LogP contribution in [0.4, 0.5) is 5.69 Å². The first kappa shape index (κ1) is 23.5. The van der Waals surface area contributed by atoms with E-state index in [1.807, 2.05) is 0 Å². The second kappa shape index (κ2) is 11.0. The number of nitrogens with zero attached hydrogens (tertiary/aromatic N) is 2. The van der Waals surface area contributed by atoms with Crippen molar-refractivity contribution in [1.29, 1.82) is 0 Å². The van der Waals surface area contributed by atoms with E-state index in [9.17, 15) is 13.2 Å². The minimum atomic E-state index is -3.68. The van der Waals surface area contributed by atoms with Gasteiger partial charge in [0.2, 0.25) is 10.0 Å². The highest BCUT2D eigenvalue weighted by Gasteiger charge is 2.29. The standard InChI is InChI=1S/C23H35N3O5S/c27-23(24-19-6-4-2-1-3-5-7-19)21-18-20(32(28,29)26-12-16-31-17-13-26)8-9-22(21)25-10-14-30-15-11-25/h8-9,18-19H,1-7,10-17H2,(H,24,27). The zero-order valence-corrected chi connectivity index (χ0v) is 19.6. The van der Waals surface area contributed by atoms with E-state index in [1.165, 1.54) is 23.6 Å². The average Bonchev–Trinajstić information content (AvgIpc) is 2.81. The predicted molar refractivity (Wildman–Crippen MR) is 123 cm³/mol. The molecule has 1 aliphatic carbocycles. The molecule has 32 heavy (non-hydrogen) atoms. The number of ether oxygens (including phenoxy) is 2. The Balaban J connectivity index is 1.61. The van der Waals surface area contributed by atoms with Crippen LogP contribution in [0.1, 0.15) is 55.3 Å². The van der Waals surface area contributed by atoms with Gasteiger partial charge in [-0.25, -0.2) is 8.42 Å². The van der Waals surface area contributed by atoms with Crippen molar-refractivity contribution >= 4 is 21.6 Å². The van der Waals surface area contributed by atoms with Crippen molar-refractivity contribution < 1.29 is 22.7 Å². The van der Waals surface area contributed by atoms with Gasteiger partial charge in [-0.2, -0.15) is 4.31 Å². The van der Waals surface area contributed by atoms with Crippen molar-refractivity contribution in [3.8, 4) is 0 Å². The topological polar surface area (TPSA) is 88.2 Å². The van der Waals surface area contributed by atoms with Crippen molar-refractivity contribution in [2.45, 2.75) is 55.9 Å². The first-order chi connectivity index (χ1) is 15.6. The Morgan fingerprint density at radius 1 is 0.875 bits per heavy atom. The van der Waals surface area contributed by atoms with Gasteiger partial charge in [-0.05, 0) is 31.0 Å². The van der Waals surface area contributed by atoms with Crippen LogP contribution >= 0.6 is 0 Å². The Kier molecular flexibility index (Phi) is 8.04. The maximum absolute atomic E-state index is 13.4. The van der Waals surface area contributed by atoms with E-state index >= 15 is 0 Å². The molecule has 1 aromatic rings. The molecule has 1 amide bonds. The third kappa shape index (κ3) is 5.62. The minimum Gasteiger partial charge on any atom is -0.379 e. The van der Waals surface area contributed by atoms with E-state index in [0.717, 1.165) is 31.4 Å². The van der Waals surface area contributed by atoms with E-state index in [4.69, 9.17) is 9.47 Å². The first-order valence-electron chi connectivity index (χ1n) is 11.9. The zero-order chi connectivity index (χ0) is 22.4. The molecule has 178 valence electrons. The molecule has 0 radical (unpaired) electrons. The largest absolute Gasteiger partial charge is 0.379 e. The number of anilines is 1. The molecule has 0 spiro atoms. The Labute approximate surface area is 191 Å². The fourth-order valence-electron chi connectivity index (χ4n) is 4.74. The Bertz CT molecular complexity index is 872. The van der Waals surface area contributed by atoms with E-state index in [-0.39, 0.29) is 16.8 Å². The van der Waals surface area contributed by atoms with E-state index < -0.39 is 10.0 Å². The number of carbonyl (C=O) groups excluding carboxylic acids is 1. The van der Waals surface area contributed by atoms with Crippen LogP contribution < -0.4 is 10.2 Å². The number of hydrogen-bond donors (Lipinski definition) is 1. The predicted octanol–water partition coefficient (Wildman–Crippen LogP) is 2.39. The average molecular weight is 466 g/mol. The first-order valence-corrected chi connectivity index (χ1v) is 13.4. The highest BCUT2D eigenvalue weighted by Crippen LogP contribution is 2.28. The molecule has 0 bridgehead atoms. The summed E-state index contributed by atoms with van der Waals surface area (Å²) < 4.78 is 38.7. The number of morpholine rings is 2. The molecule has 1 saturated carbocycles. The number of hydrogen-bond acceptors (Lipinski definition) is 6. The molecular formula is C23H35N3O5S. The fourth-order valence-corrected chi connectivity index (χ4v) is 6.17. The highest BCUT2D eigenvalue weighted by atomic mass is 32.2. The van der Waals surface area contributed by atoms with Crippen LogP contribution in [-0.2, 0) is 19.5 Å². The summed E-state index contributed by atoms with van der Waals surface area (Å²) in [4.78, 5) is 15.7. The Hall–Kier alpha value is -1.68. The smallest absolute Gasteiger partial charge is 0.253 e. The molecule has 3 fully saturated rings. The monoisotopic (exact) mass is 465 g/mol. The lowest BCUT2D eigenvalue weighted by molar-refractivity contribution is 0.0730. The maximum atomic E-state index is 13.4. The van der Waals surface area contributed by atoms with Gasteiger partial charge in [0.05, 0.1) is 36.9 Å². The summed E-state index contributed by atoms with van der Waals surface area (Å²) in [5.41, 5.74) is 1.21. The van der Waals surface area contributed by atoms with Gasteiger partial charge in [-0.1, -0.05) is 32.1 Å². The fraction of sp³-hybridized carbons (Fsp3) is 0.696. The van der Waals surface area contributed by atoms with Crippen molar-refractivity contribution in [2.24, 2.45) is 0 Å². The minimum absolute atomic E-state index is 0.139. The summed E-state index contributed by atoms with van der Waals surface area (Å²) in [6, 6.07) is 5.11. The van der Waals surface area contributed by atoms with E-state index in [2.05, 4.69) is 10.2 Å². The molecule has 0 aromatic heterocycles. The van der Waals surface area contributed by atoms with Gasteiger partial charge in [-0.3, -0.25) is 4.79 Å². The maximum Gasteiger partial charge on any atom is 0.253 e. The summed E-state index contributed by atoms with van der Waals surface area (Å²) >= 11 is 0. The summed E-state index contributed by atoms with van der Waals surface area (Å²) in [7, 11) is -3.68. The van der Waals surface area contributed by atoms with Gasteiger partial charge >= 0.3 is 0 Å². The number of benzene rings is 1. The third-order valence-corrected chi connectivity index (χ3v) is 8.51. The molecule has 8 nitrogen and oxygen atoms in total.